The van der Waals surface area contributed by atoms with Gasteiger partial charge in [0.2, 0.25) is 0 Å². The van der Waals surface area contributed by atoms with Crippen LogP contribution in [0.2, 0.25) is 5.02 Å². The molecule has 21 heavy (non-hydrogen) atoms. The van der Waals surface area contributed by atoms with Crippen LogP contribution in [-0.2, 0) is 6.42 Å². The third-order valence-corrected chi connectivity index (χ3v) is 3.75. The maximum atomic E-state index is 6.05. The first-order valence-electron chi connectivity index (χ1n) is 7.24. The number of benzene rings is 2. The maximum Gasteiger partial charge on any atom is 0.142 e. The first-order chi connectivity index (χ1) is 10.1. The standard InChI is InChI=1S/C18H22ClNO/c1-13-5-4-6-15(11-13)8-7-14(2)20-17-12-16(19)9-10-18(17)21-3/h4-6,9-12,14,20H,7-8H2,1-3H3. The molecule has 2 aromatic rings. The van der Waals surface area contributed by atoms with Crippen LogP contribution in [-0.4, -0.2) is 13.2 Å². The Hall–Kier alpha value is -1.67. The van der Waals surface area contributed by atoms with Crippen molar-refractivity contribution >= 4 is 17.3 Å². The average Bonchev–Trinajstić information content (AvgIpc) is 2.45. The molecule has 0 saturated heterocycles. The van der Waals surface area contributed by atoms with Crippen LogP contribution in [0.5, 0.6) is 5.75 Å². The van der Waals surface area contributed by atoms with Crippen LogP contribution in [0.25, 0.3) is 0 Å². The molecule has 0 spiro atoms. The predicted molar refractivity (Wildman–Crippen MR) is 90.6 cm³/mol. The molecule has 2 rings (SSSR count). The molecule has 1 atom stereocenters. The SMILES string of the molecule is COc1ccc(Cl)cc1NC(C)CCc1cccc(C)c1. The largest absolute Gasteiger partial charge is 0.495 e. The molecule has 112 valence electrons. The number of halogens is 1. The van der Waals surface area contributed by atoms with E-state index in [1.807, 2.05) is 18.2 Å². The second kappa shape index (κ2) is 7.37. The second-order valence-corrected chi connectivity index (χ2v) is 5.85. The van der Waals surface area contributed by atoms with Crippen molar-refractivity contribution in [2.45, 2.75) is 32.7 Å². The smallest absolute Gasteiger partial charge is 0.142 e. The van der Waals surface area contributed by atoms with E-state index in [1.54, 1.807) is 7.11 Å². The van der Waals surface area contributed by atoms with Crippen LogP contribution in [0, 0.1) is 6.92 Å². The van der Waals surface area contributed by atoms with Gasteiger partial charge < -0.3 is 10.1 Å². The van der Waals surface area contributed by atoms with Gasteiger partial charge in [0, 0.05) is 11.1 Å². The zero-order valence-corrected chi connectivity index (χ0v) is 13.6. The molecular weight excluding hydrogens is 282 g/mol. The first-order valence-corrected chi connectivity index (χ1v) is 7.62. The topological polar surface area (TPSA) is 21.3 Å². The van der Waals surface area contributed by atoms with E-state index in [-0.39, 0.29) is 0 Å². The number of anilines is 1. The monoisotopic (exact) mass is 303 g/mol. The van der Waals surface area contributed by atoms with E-state index >= 15 is 0 Å². The lowest BCUT2D eigenvalue weighted by Crippen LogP contribution is -2.16. The highest BCUT2D eigenvalue weighted by molar-refractivity contribution is 6.30. The molecule has 0 aliphatic carbocycles. The summed E-state index contributed by atoms with van der Waals surface area (Å²) in [6.45, 7) is 4.30. The van der Waals surface area contributed by atoms with Crippen molar-refractivity contribution in [1.29, 1.82) is 0 Å². The predicted octanol–water partition coefficient (Wildman–Crippen LogP) is 5.09. The highest BCUT2D eigenvalue weighted by atomic mass is 35.5. The molecule has 0 bridgehead atoms. The molecule has 0 saturated carbocycles. The minimum absolute atomic E-state index is 0.345. The first kappa shape index (κ1) is 15.7. The summed E-state index contributed by atoms with van der Waals surface area (Å²) >= 11 is 6.05. The highest BCUT2D eigenvalue weighted by Crippen LogP contribution is 2.28. The Kier molecular flexibility index (Phi) is 5.51. The van der Waals surface area contributed by atoms with E-state index < -0.39 is 0 Å². The van der Waals surface area contributed by atoms with Crippen LogP contribution in [0.3, 0.4) is 0 Å². The van der Waals surface area contributed by atoms with Crippen molar-refractivity contribution in [2.24, 2.45) is 0 Å². The van der Waals surface area contributed by atoms with Gasteiger partial charge in [-0.25, -0.2) is 0 Å². The Labute approximate surface area is 132 Å². The summed E-state index contributed by atoms with van der Waals surface area (Å²) in [5.41, 5.74) is 3.63. The lowest BCUT2D eigenvalue weighted by molar-refractivity contribution is 0.416. The fraction of sp³-hybridized carbons (Fsp3) is 0.333. The Balaban J connectivity index is 1.95. The summed E-state index contributed by atoms with van der Waals surface area (Å²) in [5.74, 6) is 0.821. The van der Waals surface area contributed by atoms with Crippen molar-refractivity contribution in [1.82, 2.24) is 0 Å². The molecule has 1 unspecified atom stereocenters. The van der Waals surface area contributed by atoms with Crippen LogP contribution < -0.4 is 10.1 Å². The molecule has 0 aromatic heterocycles. The number of aryl methyl sites for hydroxylation is 2. The van der Waals surface area contributed by atoms with Crippen molar-refractivity contribution < 1.29 is 4.74 Å². The van der Waals surface area contributed by atoms with E-state index in [0.717, 1.165) is 24.3 Å². The van der Waals surface area contributed by atoms with Crippen molar-refractivity contribution in [3.8, 4) is 5.75 Å². The number of rotatable bonds is 6. The Morgan fingerprint density at radius 2 is 2.00 bits per heavy atom. The van der Waals surface area contributed by atoms with Gasteiger partial charge in [-0.3, -0.25) is 0 Å². The molecule has 3 heteroatoms. The molecule has 0 heterocycles. The van der Waals surface area contributed by atoms with Gasteiger partial charge in [-0.15, -0.1) is 0 Å². The maximum absolute atomic E-state index is 6.05. The highest BCUT2D eigenvalue weighted by Gasteiger charge is 2.08. The van der Waals surface area contributed by atoms with Crippen molar-refractivity contribution in [3.05, 3.63) is 58.6 Å². The summed E-state index contributed by atoms with van der Waals surface area (Å²) < 4.78 is 5.36. The van der Waals surface area contributed by atoms with Gasteiger partial charge in [-0.2, -0.15) is 0 Å². The van der Waals surface area contributed by atoms with Gasteiger partial charge in [0.05, 0.1) is 12.8 Å². The van der Waals surface area contributed by atoms with Gasteiger partial charge in [0.1, 0.15) is 5.75 Å². The van der Waals surface area contributed by atoms with Crippen molar-refractivity contribution in [3.63, 3.8) is 0 Å². The third kappa shape index (κ3) is 4.68. The molecule has 0 aliphatic rings. The third-order valence-electron chi connectivity index (χ3n) is 3.51. The lowest BCUT2D eigenvalue weighted by Gasteiger charge is -2.18. The van der Waals surface area contributed by atoms with Crippen LogP contribution in [0.1, 0.15) is 24.5 Å². The van der Waals surface area contributed by atoms with E-state index in [2.05, 4.69) is 43.4 Å². The van der Waals surface area contributed by atoms with Gasteiger partial charge in [0.15, 0.2) is 0 Å². The zero-order valence-electron chi connectivity index (χ0n) is 12.8. The van der Waals surface area contributed by atoms with Crippen molar-refractivity contribution in [2.75, 3.05) is 12.4 Å². The Morgan fingerprint density at radius 1 is 1.19 bits per heavy atom. The van der Waals surface area contributed by atoms with E-state index in [9.17, 15) is 0 Å². The fourth-order valence-electron chi connectivity index (χ4n) is 2.38. The van der Waals surface area contributed by atoms with Gasteiger partial charge >= 0.3 is 0 Å². The number of hydrogen-bond donors (Lipinski definition) is 1. The van der Waals surface area contributed by atoms with Gasteiger partial charge in [-0.1, -0.05) is 41.4 Å². The molecular formula is C18H22ClNO. The minimum Gasteiger partial charge on any atom is -0.495 e. The summed E-state index contributed by atoms with van der Waals surface area (Å²) in [7, 11) is 1.67. The normalized spacial score (nSPS) is 12.0. The summed E-state index contributed by atoms with van der Waals surface area (Å²) in [5, 5.41) is 4.19. The lowest BCUT2D eigenvalue weighted by atomic mass is 10.0. The average molecular weight is 304 g/mol. The molecule has 0 amide bonds. The molecule has 0 aliphatic heterocycles. The Morgan fingerprint density at radius 3 is 2.71 bits per heavy atom. The summed E-state index contributed by atoms with van der Waals surface area (Å²) in [4.78, 5) is 0. The van der Waals surface area contributed by atoms with E-state index in [0.29, 0.717) is 11.1 Å². The van der Waals surface area contributed by atoms with Gasteiger partial charge in [-0.05, 0) is 50.5 Å². The summed E-state index contributed by atoms with van der Waals surface area (Å²) in [6.07, 6.45) is 2.11. The van der Waals surface area contributed by atoms with E-state index in [4.69, 9.17) is 16.3 Å². The van der Waals surface area contributed by atoms with Crippen LogP contribution in [0.15, 0.2) is 42.5 Å². The molecule has 1 N–H and O–H groups in total. The number of hydrogen-bond acceptors (Lipinski definition) is 2. The zero-order chi connectivity index (χ0) is 15.2. The number of methoxy groups -OCH3 is 1. The Bertz CT molecular complexity index is 598. The van der Waals surface area contributed by atoms with Crippen LogP contribution in [0.4, 0.5) is 5.69 Å². The molecule has 2 aromatic carbocycles. The second-order valence-electron chi connectivity index (χ2n) is 5.42. The summed E-state index contributed by atoms with van der Waals surface area (Å²) in [6, 6.07) is 14.6. The quantitative estimate of drug-likeness (QED) is 0.802. The fourth-order valence-corrected chi connectivity index (χ4v) is 2.55. The minimum atomic E-state index is 0.345. The molecule has 0 fully saturated rings. The number of nitrogens with one attached hydrogen (secondary N) is 1. The van der Waals surface area contributed by atoms with Crippen LogP contribution >= 0.6 is 11.6 Å². The molecule has 2 nitrogen and oxygen atoms in total. The molecule has 0 radical (unpaired) electrons. The van der Waals surface area contributed by atoms with Gasteiger partial charge in [0.25, 0.3) is 0 Å². The number of ether oxygens (including phenoxy) is 1. The van der Waals surface area contributed by atoms with E-state index in [1.165, 1.54) is 11.1 Å².